The minimum atomic E-state index is -5.19. The first-order valence-electron chi connectivity index (χ1n) is 17.9. The average molecular weight is 737 g/mol. The molecule has 51 heavy (non-hydrogen) atoms. The maximum Gasteiger partial charge on any atom is 0.430 e. The number of esters is 1. The van der Waals surface area contributed by atoms with Gasteiger partial charge < -0.3 is 44.1 Å². The van der Waals surface area contributed by atoms with E-state index in [1.165, 1.54) is 12.0 Å². The highest BCUT2D eigenvalue weighted by Gasteiger charge is 2.52. The molecule has 3 rings (SSSR count). The van der Waals surface area contributed by atoms with Gasteiger partial charge in [0.1, 0.15) is 12.0 Å². The summed E-state index contributed by atoms with van der Waals surface area (Å²) in [5.41, 5.74) is 0. The predicted octanol–water partition coefficient (Wildman–Crippen LogP) is 0.585. The van der Waals surface area contributed by atoms with Crippen molar-refractivity contribution in [3.63, 3.8) is 0 Å². The van der Waals surface area contributed by atoms with Gasteiger partial charge in [-0.15, -0.1) is 0 Å². The fourth-order valence-electron chi connectivity index (χ4n) is 8.23. The molecule has 0 spiro atoms. The summed E-state index contributed by atoms with van der Waals surface area (Å²) in [5, 5.41) is 11.9. The maximum absolute atomic E-state index is 14.1. The van der Waals surface area contributed by atoms with Gasteiger partial charge in [0.15, 0.2) is 6.04 Å². The number of likely N-dealkylation sites (tertiary alicyclic amines) is 2. The number of quaternary nitrogens is 1. The number of hydrogen-bond acceptors (Lipinski definition) is 9. The van der Waals surface area contributed by atoms with Crippen LogP contribution >= 0.6 is 0 Å². The third-order valence-corrected chi connectivity index (χ3v) is 11.2. The Bertz CT molecular complexity index is 1200. The van der Waals surface area contributed by atoms with Crippen molar-refractivity contribution in [2.24, 2.45) is 23.7 Å². The lowest BCUT2D eigenvalue weighted by molar-refractivity contribution is -0.913. The largest absolute Gasteiger partial charge is 0.542 e. The van der Waals surface area contributed by atoms with E-state index in [1.54, 1.807) is 38.0 Å². The second-order valence-corrected chi connectivity index (χ2v) is 14.6. The van der Waals surface area contributed by atoms with Crippen LogP contribution in [0, 0.1) is 23.7 Å². The van der Waals surface area contributed by atoms with Crippen LogP contribution in [-0.4, -0.2) is 130 Å². The molecule has 294 valence electrons. The van der Waals surface area contributed by atoms with Gasteiger partial charge in [-0.25, -0.2) is 0 Å². The van der Waals surface area contributed by atoms with Gasteiger partial charge in [0.05, 0.1) is 56.8 Å². The summed E-state index contributed by atoms with van der Waals surface area (Å²) in [6.07, 6.45) is -0.525. The summed E-state index contributed by atoms with van der Waals surface area (Å²) in [4.78, 5) is 67.4. The van der Waals surface area contributed by atoms with Gasteiger partial charge in [-0.3, -0.25) is 19.2 Å². The molecule has 0 radical (unpaired) electrons. The van der Waals surface area contributed by atoms with Crippen molar-refractivity contribution in [3.05, 3.63) is 0 Å². The fourth-order valence-corrected chi connectivity index (χ4v) is 8.23. The van der Waals surface area contributed by atoms with Crippen LogP contribution in [0.1, 0.15) is 79.6 Å². The molecule has 3 amide bonds. The molecule has 2 heterocycles. The van der Waals surface area contributed by atoms with Crippen LogP contribution < -0.4 is 15.3 Å². The molecular weight excluding hydrogens is 677 g/mol. The molecule has 2 saturated heterocycles. The Morgan fingerprint density at radius 1 is 1.02 bits per heavy atom. The van der Waals surface area contributed by atoms with E-state index < -0.39 is 36.3 Å². The summed E-state index contributed by atoms with van der Waals surface area (Å²) in [5.74, 6) is -3.91. The zero-order chi connectivity index (χ0) is 39.0. The van der Waals surface area contributed by atoms with E-state index in [2.05, 4.69) is 26.2 Å². The number of hydrogen-bond donors (Lipinski definition) is 2. The van der Waals surface area contributed by atoms with Crippen LogP contribution in [0.4, 0.5) is 13.2 Å². The molecule has 3 fully saturated rings. The van der Waals surface area contributed by atoms with Gasteiger partial charge in [0.25, 0.3) is 5.91 Å². The van der Waals surface area contributed by atoms with E-state index in [9.17, 15) is 32.3 Å². The van der Waals surface area contributed by atoms with Crippen molar-refractivity contribution in [2.45, 2.75) is 128 Å². The number of carbonyl (C=O) groups is 5. The molecule has 0 aromatic rings. The third-order valence-electron chi connectivity index (χ3n) is 11.2. The summed E-state index contributed by atoms with van der Waals surface area (Å²) in [6, 6.07) is -0.909. The molecule has 11 atom stereocenters. The highest BCUT2D eigenvalue weighted by Crippen LogP contribution is 2.32. The van der Waals surface area contributed by atoms with Crippen molar-refractivity contribution in [2.75, 3.05) is 42.0 Å². The number of carboxylic acid groups (broad SMARTS) is 1. The van der Waals surface area contributed by atoms with E-state index >= 15 is 0 Å². The topological polar surface area (TPSA) is 159 Å². The highest BCUT2D eigenvalue weighted by atomic mass is 19.4. The summed E-state index contributed by atoms with van der Waals surface area (Å²) in [6.45, 7) is 10.4. The fraction of sp³-hybridized carbons (Fsp3) is 0.857. The van der Waals surface area contributed by atoms with Crippen LogP contribution in [-0.2, 0) is 38.2 Å². The minimum absolute atomic E-state index is 0.0341. The Kier molecular flexibility index (Phi) is 16.6. The van der Waals surface area contributed by atoms with E-state index in [0.29, 0.717) is 18.5 Å². The van der Waals surface area contributed by atoms with Gasteiger partial charge >= 0.3 is 12.1 Å². The summed E-state index contributed by atoms with van der Waals surface area (Å²) in [7, 11) is 8.36. The number of ether oxygens (including phenoxy) is 3. The van der Waals surface area contributed by atoms with Crippen molar-refractivity contribution in [1.29, 1.82) is 0 Å². The number of rotatable bonds is 15. The van der Waals surface area contributed by atoms with Crippen LogP contribution in [0.15, 0.2) is 0 Å². The quantitative estimate of drug-likeness (QED) is 0.230. The highest BCUT2D eigenvalue weighted by molar-refractivity contribution is 5.90. The molecule has 13 nitrogen and oxygen atoms in total. The number of nitrogens with zero attached hydrogens (tertiary/aromatic N) is 2. The van der Waals surface area contributed by atoms with Crippen molar-refractivity contribution in [1.82, 2.24) is 15.1 Å². The molecule has 0 aromatic carbocycles. The third kappa shape index (κ3) is 10.8. The van der Waals surface area contributed by atoms with E-state index in [4.69, 9.17) is 24.1 Å². The number of aliphatic carboxylic acids is 1. The van der Waals surface area contributed by atoms with Crippen LogP contribution in [0.2, 0.25) is 0 Å². The predicted molar refractivity (Wildman–Crippen MR) is 178 cm³/mol. The number of alkyl halides is 3. The van der Waals surface area contributed by atoms with Crippen LogP contribution in [0.3, 0.4) is 0 Å². The Balaban J connectivity index is 0.00000116. The molecular formula is C35H59F3N4O9. The van der Waals surface area contributed by atoms with Crippen LogP contribution in [0.25, 0.3) is 0 Å². The molecule has 16 heteroatoms. The number of amides is 3. The second kappa shape index (κ2) is 19.2. The average Bonchev–Trinajstić information content (AvgIpc) is 3.83. The second-order valence-electron chi connectivity index (χ2n) is 14.6. The Hall–Kier alpha value is -2.98. The van der Waals surface area contributed by atoms with Gasteiger partial charge in [0.2, 0.25) is 11.8 Å². The Morgan fingerprint density at radius 3 is 2.08 bits per heavy atom. The number of carbonyl (C=O) groups excluding carboxylic acids is 5. The standard InChI is InChI=1S/C33H58N4O7.C2HF3O2/c1-11-20(4)28(25(42-8)18-26(38)37-16-12-13-24(37)30(43-9)21(5)33(41)44-10)36(7)32(40)27(19(2)3)34-31(39)29-22-14-15-23(17-22)35(29)6;3-2(4,5)1(6)7/h19-25,27-30H,11-18H2,1-10H3,(H,34,39);(H,6,7)/t20-,21+,22?,23?,24-,25+,27-,28-,29?,30+;/m0./s1. The lowest BCUT2D eigenvalue weighted by Crippen LogP contribution is -3.16. The molecule has 4 unspecified atom stereocenters. The normalized spacial score (nSPS) is 26.3. The van der Waals surface area contributed by atoms with Crippen molar-refractivity contribution >= 4 is 29.7 Å². The molecule has 2 aliphatic heterocycles. The van der Waals surface area contributed by atoms with Crippen LogP contribution in [0.5, 0.6) is 0 Å². The monoisotopic (exact) mass is 736 g/mol. The van der Waals surface area contributed by atoms with Gasteiger partial charge in [-0.05, 0) is 44.4 Å². The number of methoxy groups -OCH3 is 3. The molecule has 2 bridgehead atoms. The summed E-state index contributed by atoms with van der Waals surface area (Å²) < 4.78 is 48.2. The van der Waals surface area contributed by atoms with Crippen molar-refractivity contribution < 1.29 is 61.4 Å². The SMILES string of the molecule is CC[C@H](C)[C@@H]([C@@H](CC(=O)N1CCC[C@H]1[C@H](OC)[C@@H](C)C(=O)OC)OC)N(C)C(=O)[C@@H](NC(=O)C1C2CCC(C2)[NH+]1C)C(C)C.O=C([O-])C(F)(F)F. The van der Waals surface area contributed by atoms with E-state index in [-0.39, 0.29) is 60.1 Å². The molecule has 3 aliphatic rings. The Labute approximate surface area is 299 Å². The van der Waals surface area contributed by atoms with E-state index in [1.807, 2.05) is 13.8 Å². The van der Waals surface area contributed by atoms with Gasteiger partial charge in [-0.1, -0.05) is 34.1 Å². The molecule has 1 saturated carbocycles. The first kappa shape index (κ1) is 44.2. The number of nitrogens with one attached hydrogen (secondary N) is 2. The lowest BCUT2D eigenvalue weighted by Gasteiger charge is -2.41. The first-order chi connectivity index (χ1) is 23.8. The number of fused-ring (bicyclic) bond motifs is 2. The van der Waals surface area contributed by atoms with Gasteiger partial charge in [0, 0.05) is 40.2 Å². The molecule has 0 aromatic heterocycles. The van der Waals surface area contributed by atoms with Crippen molar-refractivity contribution in [3.8, 4) is 0 Å². The first-order valence-corrected chi connectivity index (χ1v) is 17.9. The molecule has 1 aliphatic carbocycles. The zero-order valence-electron chi connectivity index (χ0n) is 31.7. The number of piperidine rings is 1. The Morgan fingerprint density at radius 2 is 1.63 bits per heavy atom. The zero-order valence-corrected chi connectivity index (χ0v) is 31.7. The summed E-state index contributed by atoms with van der Waals surface area (Å²) >= 11 is 0. The smallest absolute Gasteiger partial charge is 0.430 e. The number of carboxylic acids is 1. The number of halogens is 3. The lowest BCUT2D eigenvalue weighted by atomic mass is 9.89. The van der Waals surface area contributed by atoms with Gasteiger partial charge in [-0.2, -0.15) is 13.2 Å². The molecule has 2 N–H and O–H groups in total. The van der Waals surface area contributed by atoms with E-state index in [0.717, 1.165) is 38.5 Å². The maximum atomic E-state index is 14.1. The minimum Gasteiger partial charge on any atom is -0.542 e. The number of likely N-dealkylation sites (N-methyl/N-ethyl adjacent to an activating group) is 2.